The van der Waals surface area contributed by atoms with E-state index in [0.717, 1.165) is 93.9 Å². The van der Waals surface area contributed by atoms with Crippen LogP contribution in [-0.4, -0.2) is 176 Å². The maximum atomic E-state index is 12.8. The number of rotatable bonds is 7. The quantitative estimate of drug-likeness (QED) is 0.0699. The van der Waals surface area contributed by atoms with E-state index in [1.165, 1.54) is 97.0 Å². The first-order valence-electron chi connectivity index (χ1n) is 35.0. The van der Waals surface area contributed by atoms with Crippen LogP contribution in [0.5, 0.6) is 0 Å². The third-order valence-electron chi connectivity index (χ3n) is 17.3. The molecule has 5 atom stereocenters. The molecule has 6 aliphatic rings. The van der Waals surface area contributed by atoms with Gasteiger partial charge in [0.1, 0.15) is 17.1 Å². The zero-order valence-corrected chi connectivity index (χ0v) is 77.4. The molecule has 0 saturated carbocycles. The molecule has 4 amide bonds. The van der Waals surface area contributed by atoms with Crippen LogP contribution < -0.4 is 34.5 Å². The fourth-order valence-electron chi connectivity index (χ4n) is 11.3. The first-order chi connectivity index (χ1) is 49.2. The molecular weight excluding hydrogens is 1810 g/mol. The molecule has 595 valence electrons. The summed E-state index contributed by atoms with van der Waals surface area (Å²) < 4.78 is 13.5. The van der Waals surface area contributed by atoms with Crippen molar-refractivity contribution < 1.29 is 79.1 Å². The molecule has 5 unspecified atom stereocenters. The van der Waals surface area contributed by atoms with Gasteiger partial charge in [-0.25, -0.2) is 24.2 Å². The van der Waals surface area contributed by atoms with E-state index in [4.69, 9.17) is 89.2 Å². The first kappa shape index (κ1) is 104. The van der Waals surface area contributed by atoms with Crippen LogP contribution in [0.15, 0.2) is 119 Å². The second-order valence-electron chi connectivity index (χ2n) is 29.1. The van der Waals surface area contributed by atoms with E-state index in [2.05, 4.69) is 136 Å². The van der Waals surface area contributed by atoms with E-state index in [1.54, 1.807) is 71.9 Å². The van der Waals surface area contributed by atoms with Crippen molar-refractivity contribution in [1.29, 1.82) is 0 Å². The fraction of sp³-hybridized carbons (Fsp3) is 0.506. The number of piperidine rings is 3. The Hall–Kier alpha value is -3.14. The Kier molecular flexibility index (Phi) is 48.0. The molecule has 4 saturated heterocycles. The van der Waals surface area contributed by atoms with Gasteiger partial charge in [-0.2, -0.15) is 0 Å². The summed E-state index contributed by atoms with van der Waals surface area (Å²) in [6.45, 7) is 28.6. The molecule has 30 heteroatoms. The Morgan fingerprint density at radius 3 is 1.33 bits per heavy atom. The second kappa shape index (κ2) is 50.4. The van der Waals surface area contributed by atoms with Gasteiger partial charge in [0.2, 0.25) is 11.8 Å². The molecular formula is C79H103BBr4Cl7N7NaO10. The number of likely N-dealkylation sites (N-methyl/N-ethyl adjacent to an activating group) is 1. The van der Waals surface area contributed by atoms with E-state index in [1.807, 2.05) is 26.0 Å². The topological polar surface area (TPSA) is 199 Å². The maximum absolute atomic E-state index is 12.8. The standard InChI is InChI=1S/C18H21BrClNO4.C17H24ClN3.C12H13BrClN.C11H19NO3.C7H3BrCl2O.C7H4BrClO2.C6H13N.CH4.B.ClH.Na.H/c1-10-7-12(15(22)11-5-6-13(19)14(20)8-11)16(23)21(9-10)17(24)25-18(2,3)4;1-13-3-5-16(19-12-13)14-4-6-17(15(18)11-14)21-9-7-20(2)8-10-21;1-8-2-5-12(15-7-8)9-3-4-10(13)11(14)6-9;1-8-5-6-9(13)12(7-8)10(14)15-11(2,3)4;2*8-5-2-1-4(7(10)11)3-6(5)9;1-7-5-3-2-4-6-7;;;;;/h5-6,8,10,12H,7,9H2,1-4H3;4,6,11,13H,3,5,7-10,12H2,1-2H3;3-4,6,8H,2,5,7H2,1H3;8H,5-7H2,1-4H3;1-3H;1-3H,(H,10,11);2-6H2,1H3;1H4;;1H;;/q;;;;;;;;;;+1;-1. The molecule has 0 aliphatic carbocycles. The zero-order chi connectivity index (χ0) is 78.2. The Bertz CT molecular complexity index is 3850. The van der Waals surface area contributed by atoms with Gasteiger partial charge in [0, 0.05) is 108 Å². The largest absolute Gasteiger partial charge is 1.00 e. The van der Waals surface area contributed by atoms with Crippen molar-refractivity contribution >= 4 is 212 Å². The SMILES string of the molecule is C.CC1CC(C(=O)c2ccc(Br)c(Cl)c2)C(=O)N(C(=O)OC(C)(C)C)C1.CC1CCC(=O)N(C(=O)OC(C)(C)C)C1.CC1CCC(c2ccc(Br)c(Cl)c2)=NC1.CC1CCC(c2ccc(N3CCN(C)CC3)c(Cl)c2)=NC1.CN1CCCCC1.Cl.O=C(Cl)c1ccc(Br)c(Cl)c1.O=C(O)c1ccc(Br)c(Cl)c1.[B].[H-].[Na+]. The molecule has 11 rings (SSSR count). The monoisotopic (exact) mass is 1900 g/mol. The summed E-state index contributed by atoms with van der Waals surface area (Å²) >= 11 is 48.2. The van der Waals surface area contributed by atoms with Crippen molar-refractivity contribution in [1.82, 2.24) is 19.6 Å². The van der Waals surface area contributed by atoms with Gasteiger partial charge in [0.15, 0.2) is 5.78 Å². The molecule has 3 radical (unpaired) electrons. The number of anilines is 1. The minimum Gasteiger partial charge on any atom is -1.00 e. The molecule has 1 N–H and O–H groups in total. The summed E-state index contributed by atoms with van der Waals surface area (Å²) in [5.41, 5.74) is 5.64. The fourth-order valence-corrected chi connectivity index (χ4v) is 13.4. The van der Waals surface area contributed by atoms with Crippen molar-refractivity contribution in [2.75, 3.05) is 84.4 Å². The van der Waals surface area contributed by atoms with Crippen LogP contribution in [-0.2, 0) is 19.1 Å². The first-order valence-corrected chi connectivity index (χ1v) is 40.5. The van der Waals surface area contributed by atoms with Crippen molar-refractivity contribution in [3.05, 3.63) is 162 Å². The third-order valence-corrected chi connectivity index (χ3v) is 22.7. The van der Waals surface area contributed by atoms with Gasteiger partial charge in [0.25, 0.3) is 5.24 Å². The smallest absolute Gasteiger partial charge is 1.00 e. The number of aliphatic imine (C=N–C) groups is 2. The molecule has 5 aromatic carbocycles. The molecule has 0 aromatic heterocycles. The van der Waals surface area contributed by atoms with Gasteiger partial charge in [-0.3, -0.25) is 29.2 Å². The van der Waals surface area contributed by atoms with E-state index >= 15 is 0 Å². The predicted molar refractivity (Wildman–Crippen MR) is 463 cm³/mol. The maximum Gasteiger partial charge on any atom is 1.00 e. The number of halogens is 11. The minimum absolute atomic E-state index is 0. The van der Waals surface area contributed by atoms with Gasteiger partial charge in [0.05, 0.1) is 36.4 Å². The van der Waals surface area contributed by atoms with Gasteiger partial charge >= 0.3 is 47.7 Å². The number of imide groups is 2. The van der Waals surface area contributed by atoms with Crippen LogP contribution in [0.25, 0.3) is 0 Å². The summed E-state index contributed by atoms with van der Waals surface area (Å²) in [6, 6.07) is 26.6. The van der Waals surface area contributed by atoms with E-state index in [-0.39, 0.29) is 88.9 Å². The molecule has 0 spiro atoms. The van der Waals surface area contributed by atoms with Crippen molar-refractivity contribution in [3.8, 4) is 0 Å². The second-order valence-corrected chi connectivity index (χ2v) is 34.9. The normalized spacial score (nSPS) is 19.1. The summed E-state index contributed by atoms with van der Waals surface area (Å²) in [7, 11) is 4.36. The minimum atomic E-state index is -0.973. The number of carbonyl (C=O) groups is 7. The van der Waals surface area contributed by atoms with Crippen LogP contribution in [0.2, 0.25) is 25.1 Å². The van der Waals surface area contributed by atoms with E-state index < -0.39 is 46.4 Å². The van der Waals surface area contributed by atoms with Crippen LogP contribution in [0, 0.1) is 29.6 Å². The van der Waals surface area contributed by atoms with Crippen molar-refractivity contribution in [2.24, 2.45) is 39.6 Å². The zero-order valence-electron chi connectivity index (χ0n) is 64.7. The third kappa shape index (κ3) is 36.3. The molecule has 0 bridgehead atoms. The molecule has 109 heavy (non-hydrogen) atoms. The van der Waals surface area contributed by atoms with Crippen LogP contribution in [0.4, 0.5) is 15.3 Å². The number of ketones is 1. The molecule has 6 aliphatic heterocycles. The van der Waals surface area contributed by atoms with Crippen LogP contribution >= 0.6 is 146 Å². The number of benzene rings is 5. The molecule has 5 aromatic rings. The number of aromatic carboxylic acids is 1. The Balaban J connectivity index is 0.00000129. The predicted octanol–water partition coefficient (Wildman–Crippen LogP) is 19.7. The number of piperazine rings is 1. The number of ether oxygens (including phenoxy) is 2. The molecule has 4 fully saturated rings. The van der Waals surface area contributed by atoms with Gasteiger partial charge < -0.3 is 30.7 Å². The Labute approximate surface area is 741 Å². The Morgan fingerprint density at radius 1 is 0.523 bits per heavy atom. The van der Waals surface area contributed by atoms with Crippen LogP contribution in [0.1, 0.15) is 184 Å². The van der Waals surface area contributed by atoms with Crippen molar-refractivity contribution in [2.45, 2.75) is 152 Å². The van der Waals surface area contributed by atoms with Gasteiger partial charge in [-0.15, -0.1) is 12.4 Å². The summed E-state index contributed by atoms with van der Waals surface area (Å²) in [5.74, 6) is -1.04. The van der Waals surface area contributed by atoms with E-state index in [0.29, 0.717) is 66.4 Å². The Morgan fingerprint density at radius 2 is 0.917 bits per heavy atom. The number of carbonyl (C=O) groups excluding carboxylic acids is 6. The van der Waals surface area contributed by atoms with Gasteiger partial charge in [-0.05, 0) is 303 Å². The number of hydrogen-bond acceptors (Lipinski definition) is 14. The number of likely N-dealkylation sites (tertiary alicyclic amines) is 3. The number of hydrogen-bond donors (Lipinski definition) is 1. The number of Topliss-reactive ketones (excluding diaryl/α,β-unsaturated/α-hetero) is 1. The summed E-state index contributed by atoms with van der Waals surface area (Å²) in [4.78, 5) is 101. The van der Waals surface area contributed by atoms with Gasteiger partial charge in [-0.1, -0.05) is 118 Å². The number of amides is 4. The average Bonchev–Trinajstić information content (AvgIpc) is 0.811. The summed E-state index contributed by atoms with van der Waals surface area (Å²) in [6.07, 6.45) is 9.35. The number of nitrogens with zero attached hydrogens (tertiary/aromatic N) is 7. The van der Waals surface area contributed by atoms with Crippen molar-refractivity contribution in [3.63, 3.8) is 0 Å². The molecule has 6 heterocycles. The number of carboxylic acid groups (broad SMARTS) is 1. The van der Waals surface area contributed by atoms with Crippen LogP contribution in [0.3, 0.4) is 0 Å². The number of carboxylic acids is 1. The summed E-state index contributed by atoms with van der Waals surface area (Å²) in [5, 5.41) is 10.9. The average molecular weight is 1910 g/mol. The molecule has 17 nitrogen and oxygen atoms in total. The van der Waals surface area contributed by atoms with E-state index in [9.17, 15) is 33.6 Å².